The smallest absolute Gasteiger partial charge is 0.224 e. The number of carbonyl (C=O) groups is 1. The minimum atomic E-state index is -1.04. The lowest BCUT2D eigenvalue weighted by atomic mass is 9.87. The molecule has 8 heteroatoms. The topological polar surface area (TPSA) is 67.4 Å². The number of carbonyl (C=O) groups excluding carboxylic acids is 1. The molecule has 1 saturated heterocycles. The second-order valence-electron chi connectivity index (χ2n) is 9.96. The third kappa shape index (κ3) is 8.26. The van der Waals surface area contributed by atoms with Gasteiger partial charge in [-0.1, -0.05) is 39.0 Å². The molecule has 3 atom stereocenters. The van der Waals surface area contributed by atoms with Crippen molar-refractivity contribution in [2.24, 2.45) is 5.92 Å². The van der Waals surface area contributed by atoms with E-state index >= 15 is 0 Å². The van der Waals surface area contributed by atoms with Crippen LogP contribution in [0.5, 0.6) is 0 Å². The van der Waals surface area contributed by atoms with Gasteiger partial charge in [0.25, 0.3) is 0 Å². The molecule has 2 aromatic rings. The molecule has 1 aliphatic heterocycles. The van der Waals surface area contributed by atoms with Crippen LogP contribution in [0.15, 0.2) is 42.5 Å². The van der Waals surface area contributed by atoms with Crippen LogP contribution in [0.2, 0.25) is 0 Å². The van der Waals surface area contributed by atoms with Gasteiger partial charge in [0.05, 0.1) is 12.6 Å². The normalized spacial score (nSPS) is 18.2. The Bertz CT molecular complexity index is 974. The van der Waals surface area contributed by atoms with Crippen molar-refractivity contribution in [3.8, 4) is 0 Å². The van der Waals surface area contributed by atoms with Gasteiger partial charge in [-0.2, -0.15) is 0 Å². The van der Waals surface area contributed by atoms with E-state index in [0.717, 1.165) is 24.9 Å². The van der Waals surface area contributed by atoms with Crippen molar-refractivity contribution in [2.75, 3.05) is 30.7 Å². The Morgan fingerprint density at radius 2 is 1.97 bits per heavy atom. The van der Waals surface area contributed by atoms with Crippen LogP contribution in [0.1, 0.15) is 63.5 Å². The summed E-state index contributed by atoms with van der Waals surface area (Å²) in [6, 6.07) is 11.1. The summed E-state index contributed by atoms with van der Waals surface area (Å²) < 4.78 is 43.0. The van der Waals surface area contributed by atoms with Gasteiger partial charge in [0.1, 0.15) is 17.4 Å². The van der Waals surface area contributed by atoms with Gasteiger partial charge in [0.15, 0.2) is 0 Å². The van der Waals surface area contributed by atoms with E-state index in [0.29, 0.717) is 48.9 Å². The average Bonchev–Trinajstić information content (AvgIpc) is 2.84. The van der Waals surface area contributed by atoms with Gasteiger partial charge in [-0.25, -0.2) is 8.78 Å². The predicted octanol–water partition coefficient (Wildman–Crippen LogP) is 5.40. The molecule has 5 nitrogen and oxygen atoms in total. The van der Waals surface area contributed by atoms with Gasteiger partial charge < -0.3 is 15.2 Å². The summed E-state index contributed by atoms with van der Waals surface area (Å²) in [6.45, 7) is 8.41. The van der Waals surface area contributed by atoms with Crippen LogP contribution in [0, 0.1) is 17.6 Å². The first-order valence-electron chi connectivity index (χ1n) is 13.0. The minimum Gasteiger partial charge on any atom is -0.598 e. The number of hydrogen-bond acceptors (Lipinski definition) is 4. The van der Waals surface area contributed by atoms with E-state index in [2.05, 4.69) is 24.5 Å². The fraction of sp³-hybridized carbons (Fsp3) is 0.536. The Labute approximate surface area is 217 Å². The molecule has 1 heterocycles. The van der Waals surface area contributed by atoms with Crippen LogP contribution in [0.4, 0.5) is 14.5 Å². The van der Waals surface area contributed by atoms with Crippen LogP contribution < -0.4 is 10.6 Å². The first-order chi connectivity index (χ1) is 17.3. The van der Waals surface area contributed by atoms with Crippen LogP contribution in [-0.2, 0) is 22.6 Å². The highest BCUT2D eigenvalue weighted by molar-refractivity contribution is 7.89. The summed E-state index contributed by atoms with van der Waals surface area (Å²) in [7, 11) is 0. The third-order valence-electron chi connectivity index (χ3n) is 6.59. The van der Waals surface area contributed by atoms with Crippen molar-refractivity contribution in [3.63, 3.8) is 0 Å². The molecule has 1 fully saturated rings. The fourth-order valence-corrected chi connectivity index (χ4v) is 6.25. The highest BCUT2D eigenvalue weighted by Crippen LogP contribution is 2.29. The maximum atomic E-state index is 14.9. The summed E-state index contributed by atoms with van der Waals surface area (Å²) in [5.41, 5.74) is 1.87. The van der Waals surface area contributed by atoms with E-state index in [1.807, 2.05) is 11.2 Å². The first-order valence-corrected chi connectivity index (χ1v) is 14.2. The zero-order valence-electron chi connectivity index (χ0n) is 21.6. The molecule has 198 valence electrons. The number of hydrogen-bond donors (Lipinski definition) is 2. The van der Waals surface area contributed by atoms with Crippen molar-refractivity contribution < 1.29 is 18.1 Å². The molecule has 3 rings (SSSR count). The van der Waals surface area contributed by atoms with Gasteiger partial charge in [-0.05, 0) is 67.3 Å². The number of piperazine rings is 1. The lowest BCUT2D eigenvalue weighted by Gasteiger charge is -2.35. The number of amides is 1. The van der Waals surface area contributed by atoms with Gasteiger partial charge in [-0.15, -0.1) is 4.31 Å². The molecule has 0 radical (unpaired) electrons. The van der Waals surface area contributed by atoms with E-state index in [4.69, 9.17) is 0 Å². The van der Waals surface area contributed by atoms with Gasteiger partial charge in [0.2, 0.25) is 5.91 Å². The molecule has 0 spiro atoms. The number of nitrogens with zero attached hydrogens (tertiary/aromatic N) is 1. The van der Waals surface area contributed by atoms with Crippen LogP contribution in [0.25, 0.3) is 0 Å². The molecule has 1 amide bonds. The van der Waals surface area contributed by atoms with E-state index in [-0.39, 0.29) is 35.9 Å². The molecule has 3 unspecified atom stereocenters. The zero-order valence-corrected chi connectivity index (χ0v) is 22.4. The van der Waals surface area contributed by atoms with Crippen molar-refractivity contribution in [3.05, 3.63) is 65.2 Å². The summed E-state index contributed by atoms with van der Waals surface area (Å²) in [5, 5.41) is 6.29. The molecule has 0 bridgehead atoms. The second-order valence-corrected chi connectivity index (χ2v) is 11.5. The van der Waals surface area contributed by atoms with E-state index in [9.17, 15) is 18.1 Å². The van der Waals surface area contributed by atoms with Gasteiger partial charge in [-0.3, -0.25) is 4.79 Å². The summed E-state index contributed by atoms with van der Waals surface area (Å²) in [6.07, 6.45) is 2.94. The number of benzene rings is 2. The highest BCUT2D eigenvalue weighted by Gasteiger charge is 2.31. The Morgan fingerprint density at radius 3 is 2.67 bits per heavy atom. The number of halogens is 2. The lowest BCUT2D eigenvalue weighted by molar-refractivity contribution is -0.116. The molecule has 0 aromatic heterocycles. The Balaban J connectivity index is 1.69. The van der Waals surface area contributed by atoms with Crippen LogP contribution in [0.3, 0.4) is 0 Å². The predicted molar refractivity (Wildman–Crippen MR) is 143 cm³/mol. The number of rotatable bonds is 12. The largest absolute Gasteiger partial charge is 0.598 e. The maximum absolute atomic E-state index is 14.9. The van der Waals surface area contributed by atoms with Crippen molar-refractivity contribution >= 4 is 23.0 Å². The first kappa shape index (κ1) is 28.6. The molecule has 0 saturated carbocycles. The fourth-order valence-electron chi connectivity index (χ4n) is 4.86. The molecular weight excluding hydrogens is 480 g/mol. The molecule has 2 aromatic carbocycles. The highest BCUT2D eigenvalue weighted by atomic mass is 32.2. The SMILES string of the molecule is CCC[S+]([O-])N1CCNCC1CCc1c(F)cccc1NC(=O)CC(CC(C)C)c1ccc(F)cc1. The summed E-state index contributed by atoms with van der Waals surface area (Å²) in [5.74, 6) is 0.0855. The molecule has 36 heavy (non-hydrogen) atoms. The third-order valence-corrected chi connectivity index (χ3v) is 8.35. The summed E-state index contributed by atoms with van der Waals surface area (Å²) in [4.78, 5) is 13.1. The van der Waals surface area contributed by atoms with E-state index in [1.165, 1.54) is 18.2 Å². The average molecular weight is 520 g/mol. The monoisotopic (exact) mass is 519 g/mol. The van der Waals surface area contributed by atoms with Gasteiger partial charge in [0, 0.05) is 42.1 Å². The van der Waals surface area contributed by atoms with Gasteiger partial charge >= 0.3 is 0 Å². The number of anilines is 1. The maximum Gasteiger partial charge on any atom is 0.224 e. The lowest BCUT2D eigenvalue weighted by Crippen LogP contribution is -2.54. The Hall–Kier alpha value is -2.00. The van der Waals surface area contributed by atoms with Crippen molar-refractivity contribution in [2.45, 2.75) is 64.8 Å². The molecular formula is C28H39F2N3O2S. The van der Waals surface area contributed by atoms with Crippen molar-refractivity contribution in [1.29, 1.82) is 0 Å². The second kappa shape index (κ2) is 14.1. The quantitative estimate of drug-likeness (QED) is 0.368. The zero-order chi connectivity index (χ0) is 26.1. The number of nitrogens with one attached hydrogen (secondary N) is 2. The van der Waals surface area contributed by atoms with Crippen LogP contribution >= 0.6 is 0 Å². The molecule has 2 N–H and O–H groups in total. The standard InChI is InChI=1S/C28H39F2N3O2S/c1-4-16-36(35)33-15-14-31-19-24(33)12-13-25-26(30)6-5-7-27(25)32-28(34)18-22(17-20(2)3)21-8-10-23(29)11-9-21/h5-11,20,22,24,31H,4,12-19H2,1-3H3,(H,32,34). The molecule has 0 aliphatic carbocycles. The van der Waals surface area contributed by atoms with E-state index in [1.54, 1.807) is 24.3 Å². The van der Waals surface area contributed by atoms with Crippen molar-refractivity contribution in [1.82, 2.24) is 9.62 Å². The van der Waals surface area contributed by atoms with E-state index < -0.39 is 11.4 Å². The Kier molecular flexibility index (Phi) is 11.2. The Morgan fingerprint density at radius 1 is 1.22 bits per heavy atom. The summed E-state index contributed by atoms with van der Waals surface area (Å²) >= 11 is -1.04. The van der Waals surface area contributed by atoms with Crippen LogP contribution in [-0.4, -0.2) is 46.2 Å². The minimum absolute atomic E-state index is 0.0446. The molecule has 1 aliphatic rings.